The number of hydrogen-bond acceptors (Lipinski definition) is 3. The van der Waals surface area contributed by atoms with Crippen LogP contribution in [0.2, 0.25) is 0 Å². The van der Waals surface area contributed by atoms with Crippen molar-refractivity contribution in [2.24, 2.45) is 4.99 Å². The average molecular weight is 209 g/mol. The van der Waals surface area contributed by atoms with Crippen LogP contribution in [0.25, 0.3) is 0 Å². The van der Waals surface area contributed by atoms with Crippen molar-refractivity contribution in [3.63, 3.8) is 0 Å². The van der Waals surface area contributed by atoms with Crippen molar-refractivity contribution in [3.8, 4) is 5.75 Å². The first kappa shape index (κ1) is 11.4. The zero-order valence-corrected chi connectivity index (χ0v) is 8.87. The SMILES string of the molecule is COc1cc(C)cc(F)c1C(C)N=C=O. The van der Waals surface area contributed by atoms with Crippen molar-refractivity contribution in [3.05, 3.63) is 29.1 Å². The van der Waals surface area contributed by atoms with E-state index in [1.807, 2.05) is 0 Å². The Balaban J connectivity index is 3.31. The molecule has 0 N–H and O–H groups in total. The second-order valence-corrected chi connectivity index (χ2v) is 3.26. The summed E-state index contributed by atoms with van der Waals surface area (Å²) in [6.07, 6.45) is 1.41. The van der Waals surface area contributed by atoms with Gasteiger partial charge in [0.15, 0.2) is 0 Å². The molecule has 15 heavy (non-hydrogen) atoms. The lowest BCUT2D eigenvalue weighted by Crippen LogP contribution is -2.00. The summed E-state index contributed by atoms with van der Waals surface area (Å²) < 4.78 is 18.6. The molecule has 0 amide bonds. The van der Waals surface area contributed by atoms with E-state index in [9.17, 15) is 9.18 Å². The first-order chi connectivity index (χ1) is 7.10. The lowest BCUT2D eigenvalue weighted by Gasteiger charge is -2.12. The largest absolute Gasteiger partial charge is 0.496 e. The van der Waals surface area contributed by atoms with Gasteiger partial charge in [-0.05, 0) is 31.5 Å². The first-order valence-corrected chi connectivity index (χ1v) is 4.51. The van der Waals surface area contributed by atoms with E-state index >= 15 is 0 Å². The van der Waals surface area contributed by atoms with Crippen molar-refractivity contribution in [2.75, 3.05) is 7.11 Å². The molecule has 4 heteroatoms. The first-order valence-electron chi connectivity index (χ1n) is 4.51. The molecule has 1 rings (SSSR count). The second-order valence-electron chi connectivity index (χ2n) is 3.26. The molecule has 1 aromatic carbocycles. The standard InChI is InChI=1S/C11H12FNO2/c1-7-4-9(12)11(8(2)13-6-14)10(5-7)15-3/h4-5,8H,1-3H3. The van der Waals surface area contributed by atoms with E-state index < -0.39 is 11.9 Å². The monoisotopic (exact) mass is 209 g/mol. The van der Waals surface area contributed by atoms with Gasteiger partial charge < -0.3 is 4.74 Å². The van der Waals surface area contributed by atoms with Crippen LogP contribution in [0, 0.1) is 12.7 Å². The third-order valence-corrected chi connectivity index (χ3v) is 2.12. The summed E-state index contributed by atoms with van der Waals surface area (Å²) in [6.45, 7) is 3.38. The van der Waals surface area contributed by atoms with Gasteiger partial charge in [-0.25, -0.2) is 9.18 Å². The number of halogens is 1. The van der Waals surface area contributed by atoms with E-state index in [-0.39, 0.29) is 5.56 Å². The minimum atomic E-state index is -0.585. The summed E-state index contributed by atoms with van der Waals surface area (Å²) >= 11 is 0. The number of benzene rings is 1. The van der Waals surface area contributed by atoms with Gasteiger partial charge in [-0.15, -0.1) is 0 Å². The zero-order chi connectivity index (χ0) is 11.4. The molecule has 0 aromatic heterocycles. The van der Waals surface area contributed by atoms with E-state index in [4.69, 9.17) is 4.74 Å². The van der Waals surface area contributed by atoms with Crippen molar-refractivity contribution in [1.82, 2.24) is 0 Å². The van der Waals surface area contributed by atoms with E-state index in [2.05, 4.69) is 4.99 Å². The Bertz CT molecular complexity index is 411. The van der Waals surface area contributed by atoms with Crippen LogP contribution in [0.1, 0.15) is 24.1 Å². The molecule has 1 atom stereocenters. The van der Waals surface area contributed by atoms with E-state index in [0.29, 0.717) is 5.75 Å². The van der Waals surface area contributed by atoms with Crippen LogP contribution >= 0.6 is 0 Å². The van der Waals surface area contributed by atoms with Crippen molar-refractivity contribution in [2.45, 2.75) is 19.9 Å². The van der Waals surface area contributed by atoms with Crippen molar-refractivity contribution in [1.29, 1.82) is 0 Å². The quantitative estimate of drug-likeness (QED) is 0.566. The molecule has 0 heterocycles. The van der Waals surface area contributed by atoms with E-state index in [0.717, 1.165) is 5.56 Å². The van der Waals surface area contributed by atoms with Gasteiger partial charge in [0.25, 0.3) is 0 Å². The van der Waals surface area contributed by atoms with Gasteiger partial charge in [0.2, 0.25) is 6.08 Å². The van der Waals surface area contributed by atoms with Gasteiger partial charge in [0.1, 0.15) is 11.6 Å². The molecule has 1 aromatic rings. The molecule has 0 aliphatic heterocycles. The maximum Gasteiger partial charge on any atom is 0.235 e. The average Bonchev–Trinajstić information content (AvgIpc) is 2.16. The Labute approximate surface area is 87.6 Å². The maximum absolute atomic E-state index is 13.6. The van der Waals surface area contributed by atoms with Crippen LogP contribution < -0.4 is 4.74 Å². The van der Waals surface area contributed by atoms with Crippen LogP contribution in [0.5, 0.6) is 5.75 Å². The predicted molar refractivity (Wildman–Crippen MR) is 54.2 cm³/mol. The topological polar surface area (TPSA) is 38.7 Å². The Morgan fingerprint density at radius 1 is 1.53 bits per heavy atom. The van der Waals surface area contributed by atoms with Crippen LogP contribution in [-0.4, -0.2) is 13.2 Å². The normalized spacial score (nSPS) is 11.7. The molecule has 0 radical (unpaired) electrons. The fourth-order valence-corrected chi connectivity index (χ4v) is 1.44. The van der Waals surface area contributed by atoms with E-state index in [1.54, 1.807) is 19.9 Å². The number of nitrogens with zero attached hydrogens (tertiary/aromatic N) is 1. The molecule has 0 saturated heterocycles. The molecule has 1 unspecified atom stereocenters. The molecule has 80 valence electrons. The zero-order valence-electron chi connectivity index (χ0n) is 8.87. The predicted octanol–water partition coefficient (Wildman–Crippen LogP) is 2.54. The third kappa shape index (κ3) is 2.42. The van der Waals surface area contributed by atoms with Gasteiger partial charge in [0, 0.05) is 0 Å². The van der Waals surface area contributed by atoms with Gasteiger partial charge in [0.05, 0.1) is 18.7 Å². The molecule has 0 aliphatic carbocycles. The lowest BCUT2D eigenvalue weighted by atomic mass is 10.0. The maximum atomic E-state index is 13.6. The highest BCUT2D eigenvalue weighted by Crippen LogP contribution is 2.30. The van der Waals surface area contributed by atoms with Crippen LogP contribution in [0.15, 0.2) is 17.1 Å². The lowest BCUT2D eigenvalue weighted by molar-refractivity contribution is 0.400. The Morgan fingerprint density at radius 3 is 2.73 bits per heavy atom. The highest BCUT2D eigenvalue weighted by molar-refractivity contribution is 5.43. The summed E-state index contributed by atoms with van der Waals surface area (Å²) in [4.78, 5) is 13.6. The molecular weight excluding hydrogens is 197 g/mol. The molecule has 0 bridgehead atoms. The Kier molecular flexibility index (Phi) is 3.58. The number of aliphatic imine (C=N–C) groups is 1. The smallest absolute Gasteiger partial charge is 0.235 e. The van der Waals surface area contributed by atoms with Gasteiger partial charge >= 0.3 is 0 Å². The fraction of sp³-hybridized carbons (Fsp3) is 0.364. The number of rotatable bonds is 3. The summed E-state index contributed by atoms with van der Waals surface area (Å²) in [5.74, 6) is -0.0163. The summed E-state index contributed by atoms with van der Waals surface area (Å²) in [5.41, 5.74) is 1.04. The minimum Gasteiger partial charge on any atom is -0.496 e. The Hall–Kier alpha value is -1.67. The van der Waals surface area contributed by atoms with Gasteiger partial charge in [-0.1, -0.05) is 0 Å². The van der Waals surface area contributed by atoms with Crippen molar-refractivity contribution >= 4 is 6.08 Å². The number of isocyanates is 1. The van der Waals surface area contributed by atoms with Crippen molar-refractivity contribution < 1.29 is 13.9 Å². The molecule has 0 saturated carbocycles. The van der Waals surface area contributed by atoms with Gasteiger partial charge in [-0.2, -0.15) is 4.99 Å². The molecular formula is C11H12FNO2. The number of methoxy groups -OCH3 is 1. The molecule has 0 aliphatic rings. The minimum absolute atomic E-state index is 0.284. The molecule has 0 spiro atoms. The Morgan fingerprint density at radius 2 is 2.20 bits per heavy atom. The van der Waals surface area contributed by atoms with Crippen LogP contribution in [0.3, 0.4) is 0 Å². The third-order valence-electron chi connectivity index (χ3n) is 2.12. The highest BCUT2D eigenvalue weighted by Gasteiger charge is 2.16. The van der Waals surface area contributed by atoms with Crippen LogP contribution in [0.4, 0.5) is 4.39 Å². The number of ether oxygens (including phenoxy) is 1. The fourth-order valence-electron chi connectivity index (χ4n) is 1.44. The summed E-state index contributed by atoms with van der Waals surface area (Å²) in [7, 11) is 1.45. The van der Waals surface area contributed by atoms with Gasteiger partial charge in [-0.3, -0.25) is 0 Å². The highest BCUT2D eigenvalue weighted by atomic mass is 19.1. The van der Waals surface area contributed by atoms with Crippen LogP contribution in [-0.2, 0) is 4.79 Å². The summed E-state index contributed by atoms with van der Waals surface area (Å²) in [5, 5.41) is 0. The number of aryl methyl sites for hydroxylation is 1. The number of carbonyl (C=O) groups excluding carboxylic acids is 1. The summed E-state index contributed by atoms with van der Waals surface area (Å²) in [6, 6.07) is 2.50. The molecule has 3 nitrogen and oxygen atoms in total. The second kappa shape index (κ2) is 4.71. The molecule has 0 fully saturated rings. The van der Waals surface area contributed by atoms with E-state index in [1.165, 1.54) is 19.3 Å². The number of hydrogen-bond donors (Lipinski definition) is 0.